The average Bonchev–Trinajstić information content (AvgIpc) is 3.26. The Morgan fingerprint density at radius 2 is 2.04 bits per heavy atom. The topological polar surface area (TPSA) is 71.8 Å². The van der Waals surface area contributed by atoms with E-state index >= 15 is 0 Å². The third kappa shape index (κ3) is 2.54. The van der Waals surface area contributed by atoms with Crippen molar-refractivity contribution in [2.24, 2.45) is 0 Å². The van der Waals surface area contributed by atoms with Crippen molar-refractivity contribution in [3.8, 4) is 0 Å². The van der Waals surface area contributed by atoms with E-state index in [1.165, 1.54) is 5.56 Å². The van der Waals surface area contributed by atoms with Gasteiger partial charge in [-0.25, -0.2) is 4.68 Å². The third-order valence-electron chi connectivity index (χ3n) is 6.58. The number of amides is 1. The Hall–Kier alpha value is -2.47. The summed E-state index contributed by atoms with van der Waals surface area (Å²) in [6, 6.07) is 6.06. The van der Waals surface area contributed by atoms with Crippen LogP contribution in [0.25, 0.3) is 5.70 Å². The molecule has 1 aliphatic carbocycles. The van der Waals surface area contributed by atoms with E-state index in [0.717, 1.165) is 61.3 Å². The van der Waals surface area contributed by atoms with Gasteiger partial charge >= 0.3 is 0 Å². The number of hydrogen-bond acceptors (Lipinski definition) is 4. The van der Waals surface area contributed by atoms with Crippen molar-refractivity contribution in [1.82, 2.24) is 25.6 Å². The lowest BCUT2D eigenvalue weighted by Crippen LogP contribution is -2.42. The van der Waals surface area contributed by atoms with Crippen LogP contribution < -0.4 is 10.6 Å². The van der Waals surface area contributed by atoms with Gasteiger partial charge < -0.3 is 10.6 Å². The fraction of sp³-hybridized carbons (Fsp3) is 0.476. The predicted molar refractivity (Wildman–Crippen MR) is 103 cm³/mol. The molecule has 3 heterocycles. The maximum Gasteiger partial charge on any atom is 0.256 e. The number of carbonyl (C=O) groups excluding carboxylic acids is 1. The molecule has 27 heavy (non-hydrogen) atoms. The zero-order chi connectivity index (χ0) is 18.6. The fourth-order valence-electron chi connectivity index (χ4n) is 4.78. The molecular weight excluding hydrogens is 338 g/mol. The van der Waals surface area contributed by atoms with Crippen LogP contribution in [-0.4, -0.2) is 34.0 Å². The zero-order valence-corrected chi connectivity index (χ0v) is 15.9. The summed E-state index contributed by atoms with van der Waals surface area (Å²) in [6.07, 6.45) is 8.12. The molecular formula is C21H25N5O. The predicted octanol–water partition coefficient (Wildman–Crippen LogP) is 2.37. The van der Waals surface area contributed by atoms with Crippen LogP contribution in [0.1, 0.15) is 60.3 Å². The normalized spacial score (nSPS) is 25.7. The lowest BCUT2D eigenvalue weighted by Gasteiger charge is -2.34. The molecule has 2 aliphatic heterocycles. The van der Waals surface area contributed by atoms with Crippen molar-refractivity contribution in [2.45, 2.75) is 50.5 Å². The summed E-state index contributed by atoms with van der Waals surface area (Å²) in [6.45, 7) is 6.58. The smallest absolute Gasteiger partial charge is 0.256 e. The average molecular weight is 363 g/mol. The van der Waals surface area contributed by atoms with Gasteiger partial charge in [-0.15, -0.1) is 5.10 Å². The van der Waals surface area contributed by atoms with E-state index in [2.05, 4.69) is 57.8 Å². The largest absolute Gasteiger partial charge is 0.322 e. The molecule has 3 aliphatic rings. The van der Waals surface area contributed by atoms with Crippen LogP contribution in [0, 0.1) is 0 Å². The van der Waals surface area contributed by atoms with Gasteiger partial charge in [0.2, 0.25) is 0 Å². The highest BCUT2D eigenvalue weighted by Crippen LogP contribution is 2.43. The zero-order valence-electron chi connectivity index (χ0n) is 15.9. The number of allylic oxidation sites excluding steroid dienone is 1. The molecule has 0 spiro atoms. The van der Waals surface area contributed by atoms with Gasteiger partial charge in [-0.3, -0.25) is 4.79 Å². The first-order chi connectivity index (χ1) is 13.0. The molecule has 1 atom stereocenters. The standard InChI is InChI=1S/C21H25N5O/c1-20(7-6-17-18-15(19(27)23-17)4-3-5-16(18)20)12-14-13-26(25-24-14)21(2)8-10-22-11-9-21/h3-6,13,22H,7-12H2,1-2H3,(H,23,27). The highest BCUT2D eigenvalue weighted by Gasteiger charge is 2.39. The number of aromatic nitrogens is 3. The highest BCUT2D eigenvalue weighted by atomic mass is 16.1. The molecule has 140 valence electrons. The van der Waals surface area contributed by atoms with Gasteiger partial charge in [0.15, 0.2) is 0 Å². The number of rotatable bonds is 3. The van der Waals surface area contributed by atoms with E-state index in [9.17, 15) is 4.79 Å². The minimum absolute atomic E-state index is 0.00660. The van der Waals surface area contributed by atoms with Gasteiger partial charge in [-0.05, 0) is 50.9 Å². The number of benzene rings is 1. The van der Waals surface area contributed by atoms with Gasteiger partial charge in [-0.2, -0.15) is 0 Å². The second-order valence-corrected chi connectivity index (χ2v) is 8.64. The number of carbonyl (C=O) groups is 1. The molecule has 6 nitrogen and oxygen atoms in total. The van der Waals surface area contributed by atoms with Crippen LogP contribution in [-0.2, 0) is 17.4 Å². The van der Waals surface area contributed by atoms with Gasteiger partial charge in [0.1, 0.15) is 0 Å². The first kappa shape index (κ1) is 16.7. The van der Waals surface area contributed by atoms with Crippen LogP contribution in [0.2, 0.25) is 0 Å². The first-order valence-electron chi connectivity index (χ1n) is 9.76. The third-order valence-corrected chi connectivity index (χ3v) is 6.58. The molecule has 1 amide bonds. The Morgan fingerprint density at radius 1 is 1.22 bits per heavy atom. The van der Waals surface area contributed by atoms with Crippen molar-refractivity contribution < 1.29 is 4.79 Å². The lowest BCUT2D eigenvalue weighted by molar-refractivity contribution is 0.0981. The Kier molecular flexibility index (Phi) is 3.56. The van der Waals surface area contributed by atoms with E-state index in [4.69, 9.17) is 0 Å². The van der Waals surface area contributed by atoms with Gasteiger partial charge in [0.05, 0.1) is 11.2 Å². The van der Waals surface area contributed by atoms with E-state index in [-0.39, 0.29) is 16.9 Å². The van der Waals surface area contributed by atoms with Gasteiger partial charge in [0, 0.05) is 34.9 Å². The summed E-state index contributed by atoms with van der Waals surface area (Å²) >= 11 is 0. The maximum absolute atomic E-state index is 12.2. The molecule has 0 saturated carbocycles. The minimum Gasteiger partial charge on any atom is -0.322 e. The lowest BCUT2D eigenvalue weighted by atomic mass is 9.70. The van der Waals surface area contributed by atoms with Crippen molar-refractivity contribution in [1.29, 1.82) is 0 Å². The molecule has 1 fully saturated rings. The van der Waals surface area contributed by atoms with Crippen LogP contribution in [0.5, 0.6) is 0 Å². The Bertz CT molecular complexity index is 953. The van der Waals surface area contributed by atoms with Gasteiger partial charge in [0.25, 0.3) is 5.91 Å². The first-order valence-corrected chi connectivity index (χ1v) is 9.76. The second-order valence-electron chi connectivity index (χ2n) is 8.64. The molecule has 5 rings (SSSR count). The molecule has 1 aromatic carbocycles. The summed E-state index contributed by atoms with van der Waals surface area (Å²) in [5.41, 5.74) is 5.04. The van der Waals surface area contributed by atoms with E-state index < -0.39 is 0 Å². The van der Waals surface area contributed by atoms with E-state index in [0.29, 0.717) is 0 Å². The fourth-order valence-corrected chi connectivity index (χ4v) is 4.78. The van der Waals surface area contributed by atoms with Crippen molar-refractivity contribution in [3.63, 3.8) is 0 Å². The molecule has 2 aromatic rings. The maximum atomic E-state index is 12.2. The van der Waals surface area contributed by atoms with Crippen LogP contribution in [0.3, 0.4) is 0 Å². The van der Waals surface area contributed by atoms with E-state index in [1.807, 2.05) is 12.1 Å². The Labute approximate surface area is 159 Å². The molecule has 1 saturated heterocycles. The molecule has 6 heteroatoms. The number of piperidine rings is 1. The molecule has 2 N–H and O–H groups in total. The summed E-state index contributed by atoms with van der Waals surface area (Å²) in [5, 5.41) is 15.4. The Balaban J connectivity index is 1.47. The van der Waals surface area contributed by atoms with Crippen LogP contribution >= 0.6 is 0 Å². The van der Waals surface area contributed by atoms with Gasteiger partial charge in [-0.1, -0.05) is 30.3 Å². The van der Waals surface area contributed by atoms with Crippen molar-refractivity contribution in [3.05, 3.63) is 52.9 Å². The molecule has 0 bridgehead atoms. The van der Waals surface area contributed by atoms with Crippen molar-refractivity contribution >= 4 is 11.6 Å². The minimum atomic E-state index is -0.0863. The summed E-state index contributed by atoms with van der Waals surface area (Å²) in [4.78, 5) is 12.2. The molecule has 1 aromatic heterocycles. The summed E-state index contributed by atoms with van der Waals surface area (Å²) < 4.78 is 2.07. The molecule has 0 radical (unpaired) electrons. The number of hydrogen-bond donors (Lipinski definition) is 2. The van der Waals surface area contributed by atoms with Crippen molar-refractivity contribution in [2.75, 3.05) is 13.1 Å². The SMILES string of the molecule is CC1(Cc2cn(C3(C)CCNCC3)nn2)CC=C2NC(=O)c3cccc1c32. The highest BCUT2D eigenvalue weighted by molar-refractivity contribution is 6.10. The Morgan fingerprint density at radius 3 is 2.85 bits per heavy atom. The monoisotopic (exact) mass is 363 g/mol. The summed E-state index contributed by atoms with van der Waals surface area (Å²) in [5.74, 6) is 0.00660. The second kappa shape index (κ2) is 5.76. The quantitative estimate of drug-likeness (QED) is 0.878. The number of nitrogens with one attached hydrogen (secondary N) is 2. The summed E-state index contributed by atoms with van der Waals surface area (Å²) in [7, 11) is 0. The van der Waals surface area contributed by atoms with E-state index in [1.54, 1.807) is 0 Å². The molecule has 1 unspecified atom stereocenters. The number of nitrogens with zero attached hydrogens (tertiary/aromatic N) is 3. The van der Waals surface area contributed by atoms with Crippen LogP contribution in [0.15, 0.2) is 30.5 Å². The van der Waals surface area contributed by atoms with Crippen LogP contribution in [0.4, 0.5) is 0 Å².